The van der Waals surface area contributed by atoms with Crippen LogP contribution < -0.4 is 0 Å². The Balaban J connectivity index is 2.44. The highest BCUT2D eigenvalue weighted by Crippen LogP contribution is 2.21. The van der Waals surface area contributed by atoms with Crippen LogP contribution in [0, 0.1) is 12.7 Å². The smallest absolute Gasteiger partial charge is 0.212 e. The molecule has 1 aromatic carbocycles. The molecule has 0 aliphatic heterocycles. The van der Waals surface area contributed by atoms with Gasteiger partial charge in [0.25, 0.3) is 0 Å². The van der Waals surface area contributed by atoms with Crippen LogP contribution in [0.3, 0.4) is 0 Å². The Labute approximate surface area is 113 Å². The summed E-state index contributed by atoms with van der Waals surface area (Å²) in [5.74, 6) is -0.874. The van der Waals surface area contributed by atoms with Gasteiger partial charge in [-0.3, -0.25) is 4.79 Å². The number of carbonyl (C=O) groups is 1. The van der Waals surface area contributed by atoms with Crippen molar-refractivity contribution in [1.82, 2.24) is 4.98 Å². The highest BCUT2D eigenvalue weighted by atomic mass is 35.5. The van der Waals surface area contributed by atoms with E-state index in [1.54, 1.807) is 6.92 Å². The fourth-order valence-corrected chi connectivity index (χ4v) is 1.92. The standard InChI is InChI=1S/C13H8Cl2FNO/c1-7-2-3-8(4-11(7)16)13(18)12-10(15)5-9(14)6-17-12/h2-6H,1H3. The van der Waals surface area contributed by atoms with Crippen molar-refractivity contribution >= 4 is 29.0 Å². The average molecular weight is 284 g/mol. The molecule has 1 aromatic heterocycles. The van der Waals surface area contributed by atoms with Gasteiger partial charge in [-0.2, -0.15) is 0 Å². The lowest BCUT2D eigenvalue weighted by molar-refractivity contribution is 0.103. The van der Waals surface area contributed by atoms with Crippen LogP contribution in [0.2, 0.25) is 10.0 Å². The van der Waals surface area contributed by atoms with Crippen LogP contribution in [-0.2, 0) is 0 Å². The monoisotopic (exact) mass is 283 g/mol. The van der Waals surface area contributed by atoms with Gasteiger partial charge in [0.1, 0.15) is 11.5 Å². The normalized spacial score (nSPS) is 10.4. The third kappa shape index (κ3) is 2.52. The molecule has 18 heavy (non-hydrogen) atoms. The molecular weight excluding hydrogens is 276 g/mol. The van der Waals surface area contributed by atoms with E-state index in [0.717, 1.165) is 0 Å². The van der Waals surface area contributed by atoms with Crippen LogP contribution in [-0.4, -0.2) is 10.8 Å². The van der Waals surface area contributed by atoms with Crippen LogP contribution in [0.1, 0.15) is 21.6 Å². The van der Waals surface area contributed by atoms with Crippen molar-refractivity contribution < 1.29 is 9.18 Å². The van der Waals surface area contributed by atoms with Crippen molar-refractivity contribution in [1.29, 1.82) is 0 Å². The topological polar surface area (TPSA) is 30.0 Å². The second-order valence-electron chi connectivity index (χ2n) is 3.78. The van der Waals surface area contributed by atoms with E-state index in [9.17, 15) is 9.18 Å². The first-order chi connectivity index (χ1) is 8.49. The van der Waals surface area contributed by atoms with Crippen LogP contribution in [0.5, 0.6) is 0 Å². The van der Waals surface area contributed by atoms with Crippen LogP contribution in [0.15, 0.2) is 30.5 Å². The van der Waals surface area contributed by atoms with Gasteiger partial charge in [-0.15, -0.1) is 0 Å². The van der Waals surface area contributed by atoms with Crippen molar-refractivity contribution in [3.05, 3.63) is 63.1 Å². The zero-order valence-corrected chi connectivity index (χ0v) is 10.9. The largest absolute Gasteiger partial charge is 0.287 e. The van der Waals surface area contributed by atoms with Crippen molar-refractivity contribution in [2.75, 3.05) is 0 Å². The molecule has 0 fully saturated rings. The first-order valence-electron chi connectivity index (χ1n) is 5.11. The maximum absolute atomic E-state index is 13.4. The van der Waals surface area contributed by atoms with E-state index in [0.29, 0.717) is 10.6 Å². The molecule has 0 radical (unpaired) electrons. The zero-order valence-electron chi connectivity index (χ0n) is 9.38. The van der Waals surface area contributed by atoms with Crippen molar-refractivity contribution in [3.8, 4) is 0 Å². The van der Waals surface area contributed by atoms with Gasteiger partial charge >= 0.3 is 0 Å². The number of pyridine rings is 1. The minimum absolute atomic E-state index is 0.0596. The van der Waals surface area contributed by atoms with E-state index < -0.39 is 11.6 Å². The summed E-state index contributed by atoms with van der Waals surface area (Å²) in [6, 6.07) is 5.66. The molecular formula is C13H8Cl2FNO. The fourth-order valence-electron chi connectivity index (χ4n) is 1.45. The number of rotatable bonds is 2. The lowest BCUT2D eigenvalue weighted by Gasteiger charge is -2.04. The molecule has 0 saturated heterocycles. The van der Waals surface area contributed by atoms with Crippen molar-refractivity contribution in [2.24, 2.45) is 0 Å². The Morgan fingerprint density at radius 3 is 2.61 bits per heavy atom. The number of hydrogen-bond acceptors (Lipinski definition) is 2. The SMILES string of the molecule is Cc1ccc(C(=O)c2ncc(Cl)cc2Cl)cc1F. The predicted molar refractivity (Wildman–Crippen MR) is 68.8 cm³/mol. The summed E-state index contributed by atoms with van der Waals surface area (Å²) < 4.78 is 13.4. The number of ketones is 1. The molecule has 0 atom stereocenters. The minimum Gasteiger partial charge on any atom is -0.287 e. The number of benzene rings is 1. The molecule has 0 aliphatic carbocycles. The first-order valence-corrected chi connectivity index (χ1v) is 5.86. The number of nitrogens with zero attached hydrogens (tertiary/aromatic N) is 1. The van der Waals surface area contributed by atoms with Gasteiger partial charge in [0, 0.05) is 11.8 Å². The number of hydrogen-bond donors (Lipinski definition) is 0. The van der Waals surface area contributed by atoms with E-state index >= 15 is 0 Å². The molecule has 2 aromatic rings. The molecule has 2 rings (SSSR count). The maximum Gasteiger partial charge on any atom is 0.212 e. The van der Waals surface area contributed by atoms with E-state index in [1.807, 2.05) is 0 Å². The second-order valence-corrected chi connectivity index (χ2v) is 4.62. The Hall–Kier alpha value is -1.45. The predicted octanol–water partition coefficient (Wildman–Crippen LogP) is 4.07. The van der Waals surface area contributed by atoms with Gasteiger partial charge in [-0.25, -0.2) is 9.37 Å². The van der Waals surface area contributed by atoms with E-state index in [2.05, 4.69) is 4.98 Å². The van der Waals surface area contributed by atoms with Crippen LogP contribution in [0.4, 0.5) is 4.39 Å². The Bertz CT molecular complexity index is 628. The summed E-state index contributed by atoms with van der Waals surface area (Å²) in [6.07, 6.45) is 1.32. The van der Waals surface area contributed by atoms with Crippen LogP contribution >= 0.6 is 23.2 Å². The lowest BCUT2D eigenvalue weighted by atomic mass is 10.1. The number of halogens is 3. The molecule has 5 heteroatoms. The van der Waals surface area contributed by atoms with Gasteiger partial charge in [0.15, 0.2) is 0 Å². The summed E-state index contributed by atoms with van der Waals surface area (Å²) in [7, 11) is 0. The quantitative estimate of drug-likeness (QED) is 0.778. The third-order valence-corrected chi connectivity index (χ3v) is 2.95. The van der Waals surface area contributed by atoms with E-state index in [-0.39, 0.29) is 16.3 Å². The van der Waals surface area contributed by atoms with Gasteiger partial charge in [-0.1, -0.05) is 35.3 Å². The highest BCUT2D eigenvalue weighted by molar-refractivity contribution is 6.37. The lowest BCUT2D eigenvalue weighted by Crippen LogP contribution is -2.05. The molecule has 0 spiro atoms. The van der Waals surface area contributed by atoms with Gasteiger partial charge in [0.2, 0.25) is 5.78 Å². The Morgan fingerprint density at radius 1 is 1.28 bits per heavy atom. The molecule has 1 heterocycles. The van der Waals surface area contributed by atoms with Gasteiger partial charge in [-0.05, 0) is 24.6 Å². The Kier molecular flexibility index (Phi) is 3.64. The summed E-state index contributed by atoms with van der Waals surface area (Å²) >= 11 is 11.6. The summed E-state index contributed by atoms with van der Waals surface area (Å²) in [5.41, 5.74) is 0.737. The molecule has 0 aliphatic rings. The fraction of sp³-hybridized carbons (Fsp3) is 0.0769. The molecule has 0 unspecified atom stereocenters. The third-order valence-electron chi connectivity index (χ3n) is 2.46. The van der Waals surface area contributed by atoms with E-state index in [4.69, 9.17) is 23.2 Å². The second kappa shape index (κ2) is 5.04. The minimum atomic E-state index is -0.439. The highest BCUT2D eigenvalue weighted by Gasteiger charge is 2.16. The molecule has 92 valence electrons. The zero-order chi connectivity index (χ0) is 13.3. The van der Waals surface area contributed by atoms with Crippen LogP contribution in [0.25, 0.3) is 0 Å². The Morgan fingerprint density at radius 2 is 2.00 bits per heavy atom. The summed E-state index contributed by atoms with van der Waals surface area (Å²) in [6.45, 7) is 1.62. The van der Waals surface area contributed by atoms with Crippen molar-refractivity contribution in [2.45, 2.75) is 6.92 Å². The summed E-state index contributed by atoms with van der Waals surface area (Å²) in [5, 5.41) is 0.486. The van der Waals surface area contributed by atoms with Crippen molar-refractivity contribution in [3.63, 3.8) is 0 Å². The number of aromatic nitrogens is 1. The van der Waals surface area contributed by atoms with Gasteiger partial charge in [0.05, 0.1) is 10.0 Å². The molecule has 2 nitrogen and oxygen atoms in total. The first kappa shape index (κ1) is 13.0. The maximum atomic E-state index is 13.4. The summed E-state index contributed by atoms with van der Waals surface area (Å²) in [4.78, 5) is 16.0. The van der Waals surface area contributed by atoms with Gasteiger partial charge < -0.3 is 0 Å². The molecule has 0 amide bonds. The molecule has 0 N–H and O–H groups in total. The number of aryl methyl sites for hydroxylation is 1. The number of carbonyl (C=O) groups excluding carboxylic acids is 1. The molecule has 0 bridgehead atoms. The molecule has 0 saturated carbocycles. The van der Waals surface area contributed by atoms with E-state index in [1.165, 1.54) is 30.5 Å². The average Bonchev–Trinajstić information content (AvgIpc) is 2.32.